The van der Waals surface area contributed by atoms with Crippen LogP contribution in [0.25, 0.3) is 0 Å². The molecule has 8 heteroatoms. The molecule has 0 bridgehead atoms. The average molecular weight is 448 g/mol. The molecule has 0 saturated carbocycles. The van der Waals surface area contributed by atoms with Gasteiger partial charge in [0.25, 0.3) is 5.91 Å². The Hall–Kier alpha value is -4.33. The molecule has 3 aromatic carbocycles. The van der Waals surface area contributed by atoms with Crippen molar-refractivity contribution in [2.24, 2.45) is 5.10 Å². The topological polar surface area (TPSA) is 95.5 Å². The molecule has 8 nitrogen and oxygen atoms in total. The van der Waals surface area contributed by atoms with Crippen LogP contribution >= 0.6 is 0 Å². The summed E-state index contributed by atoms with van der Waals surface area (Å²) in [6.07, 6.45) is 1.48. The van der Waals surface area contributed by atoms with Crippen LogP contribution in [0.3, 0.4) is 0 Å². The van der Waals surface area contributed by atoms with E-state index in [9.17, 15) is 9.59 Å². The van der Waals surface area contributed by atoms with Gasteiger partial charge in [0, 0.05) is 5.56 Å². The van der Waals surface area contributed by atoms with Gasteiger partial charge >= 0.3 is 5.97 Å². The van der Waals surface area contributed by atoms with Gasteiger partial charge in [-0.2, -0.15) is 5.10 Å². The first-order valence-electron chi connectivity index (χ1n) is 9.98. The molecule has 0 aromatic heterocycles. The van der Waals surface area contributed by atoms with E-state index in [1.54, 1.807) is 36.4 Å². The van der Waals surface area contributed by atoms with Crippen molar-refractivity contribution >= 4 is 18.1 Å². The van der Waals surface area contributed by atoms with Gasteiger partial charge < -0.3 is 18.9 Å². The third kappa shape index (κ3) is 5.68. The standard InChI is InChI=1S/C25H24N2O6/c1-16-7-5-6-8-20(16)25(29)33-19-11-9-17(10-12-19)15-26-27-24(28)18-13-21(30-2)23(32-4)22(14-18)31-3/h5-15H,1-4H3,(H,27,28)/b26-15+. The molecule has 0 aliphatic carbocycles. The van der Waals surface area contributed by atoms with E-state index >= 15 is 0 Å². The molecule has 170 valence electrons. The number of hydrogen-bond donors (Lipinski definition) is 1. The molecule has 33 heavy (non-hydrogen) atoms. The Morgan fingerprint density at radius 3 is 2.09 bits per heavy atom. The monoisotopic (exact) mass is 448 g/mol. The molecule has 0 radical (unpaired) electrons. The lowest BCUT2D eigenvalue weighted by Gasteiger charge is -2.13. The van der Waals surface area contributed by atoms with Crippen molar-refractivity contribution in [2.45, 2.75) is 6.92 Å². The van der Waals surface area contributed by atoms with Crippen LogP contribution in [0, 0.1) is 6.92 Å². The molecule has 0 saturated heterocycles. The van der Waals surface area contributed by atoms with Gasteiger partial charge in [0.15, 0.2) is 11.5 Å². The zero-order valence-electron chi connectivity index (χ0n) is 18.7. The van der Waals surface area contributed by atoms with E-state index in [0.29, 0.717) is 39.7 Å². The lowest BCUT2D eigenvalue weighted by atomic mass is 10.1. The molecule has 1 amide bonds. The predicted octanol–water partition coefficient (Wildman–Crippen LogP) is 4.00. The van der Waals surface area contributed by atoms with Crippen molar-refractivity contribution in [3.63, 3.8) is 0 Å². The summed E-state index contributed by atoms with van der Waals surface area (Å²) in [4.78, 5) is 24.8. The summed E-state index contributed by atoms with van der Waals surface area (Å²) in [7, 11) is 4.43. The third-order valence-corrected chi connectivity index (χ3v) is 4.76. The first kappa shape index (κ1) is 23.3. The Balaban J connectivity index is 1.63. The summed E-state index contributed by atoms with van der Waals surface area (Å²) < 4.78 is 21.2. The summed E-state index contributed by atoms with van der Waals surface area (Å²) in [5, 5.41) is 3.98. The molecule has 1 N–H and O–H groups in total. The number of nitrogens with zero attached hydrogens (tertiary/aromatic N) is 1. The van der Waals surface area contributed by atoms with Gasteiger partial charge in [-0.05, 0) is 60.5 Å². The Kier molecular flexibility index (Phi) is 7.64. The second-order valence-electron chi connectivity index (χ2n) is 6.89. The number of aryl methyl sites for hydroxylation is 1. The van der Waals surface area contributed by atoms with Crippen molar-refractivity contribution in [3.8, 4) is 23.0 Å². The average Bonchev–Trinajstić information content (AvgIpc) is 2.84. The zero-order chi connectivity index (χ0) is 23.8. The number of rotatable bonds is 8. The van der Waals surface area contributed by atoms with Crippen molar-refractivity contribution in [1.29, 1.82) is 0 Å². The van der Waals surface area contributed by atoms with Gasteiger partial charge in [0.2, 0.25) is 5.75 Å². The van der Waals surface area contributed by atoms with Crippen LogP contribution in [0.1, 0.15) is 31.8 Å². The maximum atomic E-state index is 12.5. The fraction of sp³-hybridized carbons (Fsp3) is 0.160. The second-order valence-corrected chi connectivity index (χ2v) is 6.89. The van der Waals surface area contributed by atoms with E-state index in [2.05, 4.69) is 10.5 Å². The smallest absolute Gasteiger partial charge is 0.343 e. The van der Waals surface area contributed by atoms with Gasteiger partial charge in [0.05, 0.1) is 33.1 Å². The highest BCUT2D eigenvalue weighted by Crippen LogP contribution is 2.38. The minimum Gasteiger partial charge on any atom is -0.493 e. The normalized spacial score (nSPS) is 10.5. The fourth-order valence-corrected chi connectivity index (χ4v) is 3.03. The number of benzene rings is 3. The van der Waals surface area contributed by atoms with Gasteiger partial charge in [-0.1, -0.05) is 18.2 Å². The maximum Gasteiger partial charge on any atom is 0.343 e. The van der Waals surface area contributed by atoms with Crippen LogP contribution in [-0.2, 0) is 0 Å². The van der Waals surface area contributed by atoms with Crippen molar-refractivity contribution in [3.05, 3.63) is 82.9 Å². The van der Waals surface area contributed by atoms with Crippen molar-refractivity contribution in [2.75, 3.05) is 21.3 Å². The molecule has 0 heterocycles. The zero-order valence-corrected chi connectivity index (χ0v) is 18.7. The lowest BCUT2D eigenvalue weighted by Crippen LogP contribution is -2.18. The Labute approximate surface area is 191 Å². The highest BCUT2D eigenvalue weighted by molar-refractivity contribution is 5.96. The molecule has 0 atom stereocenters. The van der Waals surface area contributed by atoms with E-state index < -0.39 is 11.9 Å². The molecule has 0 aliphatic rings. The number of methoxy groups -OCH3 is 3. The molecule has 3 rings (SSSR count). The van der Waals surface area contributed by atoms with Gasteiger partial charge in [0.1, 0.15) is 5.75 Å². The van der Waals surface area contributed by atoms with Gasteiger partial charge in [-0.3, -0.25) is 4.79 Å². The molecular formula is C25H24N2O6. The molecule has 0 spiro atoms. The summed E-state index contributed by atoms with van der Waals surface area (Å²) >= 11 is 0. The molecule has 0 unspecified atom stereocenters. The van der Waals surface area contributed by atoms with Crippen molar-refractivity contribution < 1.29 is 28.5 Å². The summed E-state index contributed by atoms with van der Waals surface area (Å²) in [5.74, 6) is 0.648. The van der Waals surface area contributed by atoms with E-state index in [1.165, 1.54) is 39.7 Å². The number of hydrogen-bond acceptors (Lipinski definition) is 7. The quantitative estimate of drug-likeness (QED) is 0.242. The van der Waals surface area contributed by atoms with Crippen LogP contribution in [-0.4, -0.2) is 39.4 Å². The van der Waals surface area contributed by atoms with Crippen molar-refractivity contribution in [1.82, 2.24) is 5.43 Å². The molecular weight excluding hydrogens is 424 g/mol. The van der Waals surface area contributed by atoms with E-state index in [-0.39, 0.29) is 0 Å². The highest BCUT2D eigenvalue weighted by atomic mass is 16.5. The number of carbonyl (C=O) groups excluding carboxylic acids is 2. The minimum atomic E-state index is -0.450. The summed E-state index contributed by atoms with van der Waals surface area (Å²) in [6.45, 7) is 1.85. The van der Waals surface area contributed by atoms with Crippen LogP contribution in [0.2, 0.25) is 0 Å². The van der Waals surface area contributed by atoms with Crippen LogP contribution in [0.5, 0.6) is 23.0 Å². The van der Waals surface area contributed by atoms with E-state index in [4.69, 9.17) is 18.9 Å². The first-order valence-corrected chi connectivity index (χ1v) is 9.98. The summed E-state index contributed by atoms with van der Waals surface area (Å²) in [5.41, 5.74) is 4.81. The van der Waals surface area contributed by atoms with Crippen LogP contribution in [0.15, 0.2) is 65.8 Å². The number of carbonyl (C=O) groups is 2. The fourth-order valence-electron chi connectivity index (χ4n) is 3.03. The van der Waals surface area contributed by atoms with E-state index in [0.717, 1.165) is 5.56 Å². The number of ether oxygens (including phenoxy) is 4. The first-order chi connectivity index (χ1) is 16.0. The maximum absolute atomic E-state index is 12.5. The number of amides is 1. The SMILES string of the molecule is COc1cc(C(=O)N/N=C/c2ccc(OC(=O)c3ccccc3C)cc2)cc(OC)c1OC. The highest BCUT2D eigenvalue weighted by Gasteiger charge is 2.16. The Morgan fingerprint density at radius 2 is 1.52 bits per heavy atom. The number of esters is 1. The Bertz CT molecular complexity index is 1150. The molecule has 0 aliphatic heterocycles. The van der Waals surface area contributed by atoms with Crippen LogP contribution < -0.4 is 24.4 Å². The minimum absolute atomic E-state index is 0.292. The Morgan fingerprint density at radius 1 is 0.879 bits per heavy atom. The molecule has 0 fully saturated rings. The number of hydrazone groups is 1. The third-order valence-electron chi connectivity index (χ3n) is 4.76. The lowest BCUT2D eigenvalue weighted by molar-refractivity contribution is 0.0733. The largest absolute Gasteiger partial charge is 0.493 e. The predicted molar refractivity (Wildman–Crippen MR) is 124 cm³/mol. The summed E-state index contributed by atoms with van der Waals surface area (Å²) in [6, 6.07) is 17.0. The van der Waals surface area contributed by atoms with E-state index in [1.807, 2.05) is 19.1 Å². The second kappa shape index (κ2) is 10.8. The van der Waals surface area contributed by atoms with Crippen LogP contribution in [0.4, 0.5) is 0 Å². The number of nitrogens with one attached hydrogen (secondary N) is 1. The molecule has 3 aromatic rings. The van der Waals surface area contributed by atoms with Gasteiger partial charge in [-0.25, -0.2) is 10.2 Å². The van der Waals surface area contributed by atoms with Gasteiger partial charge in [-0.15, -0.1) is 0 Å².